The fourth-order valence-corrected chi connectivity index (χ4v) is 8.60. The third kappa shape index (κ3) is 9.30. The van der Waals surface area contributed by atoms with E-state index in [1.54, 1.807) is 18.3 Å². The molecule has 1 saturated carbocycles. The van der Waals surface area contributed by atoms with Crippen LogP contribution in [0.25, 0.3) is 10.4 Å². The zero-order chi connectivity index (χ0) is 30.8. The number of benzene rings is 1. The van der Waals surface area contributed by atoms with Crippen molar-refractivity contribution in [1.29, 1.82) is 0 Å². The third-order valence-corrected chi connectivity index (χ3v) is 15.4. The number of thiazole rings is 1. The minimum absolute atomic E-state index is 0.0199. The molecule has 1 heterocycles. The van der Waals surface area contributed by atoms with Crippen molar-refractivity contribution < 1.29 is 22.7 Å². The second-order valence-corrected chi connectivity index (χ2v) is 21.1. The summed E-state index contributed by atoms with van der Waals surface area (Å²) < 4.78 is 42.1. The fourth-order valence-electron chi connectivity index (χ4n) is 4.60. The first kappa shape index (κ1) is 34.1. The quantitative estimate of drug-likeness (QED) is 0.132. The molecule has 1 atom stereocenters. The van der Waals surface area contributed by atoms with Crippen LogP contribution in [0.5, 0.6) is 0 Å². The molecule has 1 aromatic carbocycles. The summed E-state index contributed by atoms with van der Waals surface area (Å²) in [5.74, 6) is 0.286. The lowest BCUT2D eigenvalue weighted by molar-refractivity contribution is -0.150. The highest BCUT2D eigenvalue weighted by Gasteiger charge is 2.39. The van der Waals surface area contributed by atoms with Gasteiger partial charge >= 0.3 is 0 Å². The van der Waals surface area contributed by atoms with Gasteiger partial charge < -0.3 is 20.0 Å². The molecule has 1 fully saturated rings. The Labute approximate surface area is 251 Å². The highest BCUT2D eigenvalue weighted by atomic mass is 32.2. The lowest BCUT2D eigenvalue weighted by Gasteiger charge is -2.39. The van der Waals surface area contributed by atoms with Crippen LogP contribution in [0.3, 0.4) is 0 Å². The molecule has 0 saturated heterocycles. The van der Waals surface area contributed by atoms with Crippen LogP contribution in [0.4, 0.5) is 5.69 Å². The predicted molar refractivity (Wildman–Crippen MR) is 170 cm³/mol. The number of nitrogens with one attached hydrogen (secondary N) is 2. The standard InChI is InChI=1S/C29H50N4O5S2Si/c1-19(2)38-27(34)32-22-13-10-20(11-14-22)26-31-17-24(39-26)23-15-12-21(30)16-25(23)40(35,36)33-29(6,7)18-37-41(8,9)28(3,4)5/h12,15-17,19-20,22,27,32-34H,10-11,13-14,18,30H2,1-9H3/t20-,22-,27?. The maximum atomic E-state index is 13.8. The van der Waals surface area contributed by atoms with Crippen molar-refractivity contribution in [1.82, 2.24) is 15.0 Å². The minimum atomic E-state index is -3.93. The van der Waals surface area contributed by atoms with Crippen molar-refractivity contribution in [2.24, 2.45) is 0 Å². The summed E-state index contributed by atoms with van der Waals surface area (Å²) >= 11 is 1.53. The number of nitrogens with two attached hydrogens (primary N) is 1. The molecule has 0 bridgehead atoms. The Hall–Kier alpha value is -1.38. The first-order valence-electron chi connectivity index (χ1n) is 14.4. The zero-order valence-corrected chi connectivity index (χ0v) is 28.7. The van der Waals surface area contributed by atoms with Crippen molar-refractivity contribution in [2.45, 2.75) is 127 Å². The molecular weight excluding hydrogens is 577 g/mol. The highest BCUT2D eigenvalue weighted by Crippen LogP contribution is 2.40. The number of aromatic nitrogens is 1. The summed E-state index contributed by atoms with van der Waals surface area (Å²) in [5.41, 5.74) is 6.21. The SMILES string of the molecule is CC(C)OC(O)N[C@H]1CC[C@H](c2ncc(-c3ccc(N)cc3S(=O)(=O)NC(C)(C)CO[Si](C)(C)C(C)(C)C)s2)CC1. The van der Waals surface area contributed by atoms with Crippen LogP contribution in [-0.4, -0.2) is 57.5 Å². The number of anilines is 1. The number of nitrogens with zero attached hydrogens (tertiary/aromatic N) is 1. The molecule has 5 N–H and O–H groups in total. The maximum Gasteiger partial charge on any atom is 0.241 e. The number of aliphatic hydroxyl groups is 1. The summed E-state index contributed by atoms with van der Waals surface area (Å²) in [6.07, 6.45) is 4.39. The van der Waals surface area contributed by atoms with Crippen molar-refractivity contribution >= 4 is 35.4 Å². The summed E-state index contributed by atoms with van der Waals surface area (Å²) in [5, 5.41) is 14.2. The molecule has 9 nitrogen and oxygen atoms in total. The summed E-state index contributed by atoms with van der Waals surface area (Å²) in [7, 11) is -5.98. The Kier molecular flexibility index (Phi) is 10.9. The van der Waals surface area contributed by atoms with Gasteiger partial charge in [0.2, 0.25) is 16.4 Å². The monoisotopic (exact) mass is 626 g/mol. The molecule has 1 aliphatic carbocycles. The van der Waals surface area contributed by atoms with Gasteiger partial charge in [0.1, 0.15) is 0 Å². The average molecular weight is 627 g/mol. The molecule has 0 spiro atoms. The van der Waals surface area contributed by atoms with Gasteiger partial charge in [-0.25, -0.2) is 18.1 Å². The molecule has 3 rings (SSSR count). The van der Waals surface area contributed by atoms with Crippen molar-refractivity contribution in [2.75, 3.05) is 12.3 Å². The number of rotatable bonds is 12. The van der Waals surface area contributed by atoms with E-state index in [-0.39, 0.29) is 34.6 Å². The first-order valence-corrected chi connectivity index (χ1v) is 19.6. The lowest BCUT2D eigenvalue weighted by Crippen LogP contribution is -2.51. The van der Waals surface area contributed by atoms with Gasteiger partial charge in [-0.05, 0) is 83.6 Å². The van der Waals surface area contributed by atoms with Gasteiger partial charge in [-0.1, -0.05) is 26.8 Å². The van der Waals surface area contributed by atoms with Crippen LogP contribution < -0.4 is 15.8 Å². The van der Waals surface area contributed by atoms with E-state index >= 15 is 0 Å². The zero-order valence-electron chi connectivity index (χ0n) is 26.1. The van der Waals surface area contributed by atoms with Crippen molar-refractivity contribution in [3.63, 3.8) is 0 Å². The number of aliphatic hydroxyl groups excluding tert-OH is 1. The number of nitrogen functional groups attached to an aromatic ring is 1. The molecule has 1 aliphatic rings. The number of ether oxygens (including phenoxy) is 1. The predicted octanol–water partition coefficient (Wildman–Crippen LogP) is 5.79. The van der Waals surface area contributed by atoms with Gasteiger partial charge in [-0.2, -0.15) is 0 Å². The van der Waals surface area contributed by atoms with Crippen LogP contribution in [0, 0.1) is 0 Å². The van der Waals surface area contributed by atoms with Gasteiger partial charge in [-0.3, -0.25) is 5.32 Å². The van der Waals surface area contributed by atoms with Crippen LogP contribution in [-0.2, 0) is 19.2 Å². The maximum absolute atomic E-state index is 13.8. The molecule has 232 valence electrons. The molecule has 0 aliphatic heterocycles. The van der Waals surface area contributed by atoms with E-state index in [0.717, 1.165) is 35.6 Å². The largest absolute Gasteiger partial charge is 0.415 e. The van der Waals surface area contributed by atoms with E-state index in [2.05, 4.69) is 43.9 Å². The minimum Gasteiger partial charge on any atom is -0.415 e. The smallest absolute Gasteiger partial charge is 0.241 e. The van der Waals surface area contributed by atoms with Gasteiger partial charge in [0.15, 0.2) is 8.32 Å². The van der Waals surface area contributed by atoms with Crippen molar-refractivity contribution in [3.05, 3.63) is 29.4 Å². The second kappa shape index (κ2) is 13.1. The fraction of sp³-hybridized carbons (Fsp3) is 0.690. The van der Waals surface area contributed by atoms with Gasteiger partial charge in [0, 0.05) is 34.9 Å². The molecule has 0 amide bonds. The third-order valence-electron chi connectivity index (χ3n) is 7.95. The van der Waals surface area contributed by atoms with E-state index in [1.807, 2.05) is 27.7 Å². The van der Waals surface area contributed by atoms with Crippen LogP contribution >= 0.6 is 11.3 Å². The Morgan fingerprint density at radius 1 is 1.15 bits per heavy atom. The summed E-state index contributed by atoms with van der Waals surface area (Å²) in [6, 6.07) is 5.18. The van der Waals surface area contributed by atoms with Crippen LogP contribution in [0.1, 0.15) is 85.1 Å². The molecule has 2 aromatic rings. The van der Waals surface area contributed by atoms with Crippen LogP contribution in [0.2, 0.25) is 18.1 Å². The Bertz CT molecular complexity index is 1270. The van der Waals surface area contributed by atoms with E-state index in [1.165, 1.54) is 17.4 Å². The first-order chi connectivity index (χ1) is 18.8. The average Bonchev–Trinajstić information content (AvgIpc) is 3.32. The molecule has 1 aromatic heterocycles. The molecule has 12 heteroatoms. The van der Waals surface area contributed by atoms with Gasteiger partial charge in [0.05, 0.1) is 27.5 Å². The molecule has 0 radical (unpaired) electrons. The number of hydrogen-bond acceptors (Lipinski definition) is 9. The number of hydrogen-bond donors (Lipinski definition) is 4. The topological polar surface area (TPSA) is 136 Å². The molecule has 1 unspecified atom stereocenters. The summed E-state index contributed by atoms with van der Waals surface area (Å²) in [4.78, 5) is 5.63. The van der Waals surface area contributed by atoms with Gasteiger partial charge in [0.25, 0.3) is 0 Å². The molecular formula is C29H50N4O5S2Si. The van der Waals surface area contributed by atoms with Crippen LogP contribution in [0.15, 0.2) is 29.3 Å². The van der Waals surface area contributed by atoms with E-state index in [0.29, 0.717) is 11.3 Å². The van der Waals surface area contributed by atoms with E-state index in [9.17, 15) is 13.5 Å². The lowest BCUT2D eigenvalue weighted by atomic mass is 9.86. The number of sulfonamides is 1. The molecule has 41 heavy (non-hydrogen) atoms. The Balaban J connectivity index is 1.74. The second-order valence-electron chi connectivity index (χ2n) is 13.6. The van der Waals surface area contributed by atoms with E-state index < -0.39 is 30.3 Å². The Morgan fingerprint density at radius 3 is 2.37 bits per heavy atom. The highest BCUT2D eigenvalue weighted by molar-refractivity contribution is 7.89. The van der Waals surface area contributed by atoms with E-state index in [4.69, 9.17) is 19.9 Å². The summed E-state index contributed by atoms with van der Waals surface area (Å²) in [6.45, 7) is 18.5. The van der Waals surface area contributed by atoms with Gasteiger partial charge in [-0.15, -0.1) is 11.3 Å². The van der Waals surface area contributed by atoms with Crippen molar-refractivity contribution in [3.8, 4) is 10.4 Å². The Morgan fingerprint density at radius 2 is 1.78 bits per heavy atom. The normalized spacial score (nSPS) is 20.0.